The molecule has 1 unspecified atom stereocenters. The molecule has 1 N–H and O–H groups in total. The molecule has 0 radical (unpaired) electrons. The molecule has 108 valence electrons. The summed E-state index contributed by atoms with van der Waals surface area (Å²) in [7, 11) is 1.29. The second-order valence-electron chi connectivity index (χ2n) is 4.18. The molecule has 0 amide bonds. The van der Waals surface area contributed by atoms with Crippen LogP contribution < -0.4 is 0 Å². The second-order valence-corrected chi connectivity index (χ2v) is 4.18. The van der Waals surface area contributed by atoms with Crippen LogP contribution in [0, 0.1) is 0 Å². The van der Waals surface area contributed by atoms with Crippen molar-refractivity contribution in [1.29, 1.82) is 0 Å². The molecule has 0 aliphatic rings. The van der Waals surface area contributed by atoms with Gasteiger partial charge in [-0.1, -0.05) is 25.6 Å². The molecule has 0 aliphatic heterocycles. The lowest BCUT2D eigenvalue weighted by Crippen LogP contribution is -2.14. The Kier molecular flexibility index (Phi) is 5.93. The van der Waals surface area contributed by atoms with Gasteiger partial charge in [0, 0.05) is 0 Å². The van der Waals surface area contributed by atoms with Crippen LogP contribution in [-0.2, 0) is 14.3 Å². The summed E-state index contributed by atoms with van der Waals surface area (Å²) in [4.78, 5) is 22.9. The van der Waals surface area contributed by atoms with E-state index >= 15 is 0 Å². The van der Waals surface area contributed by atoms with Gasteiger partial charge in [-0.2, -0.15) is 0 Å². The first-order valence-electron chi connectivity index (χ1n) is 6.23. The van der Waals surface area contributed by atoms with Crippen LogP contribution in [0.25, 0.3) is 0 Å². The average molecular weight is 278 g/mol. The Morgan fingerprint density at radius 1 is 1.30 bits per heavy atom. The summed E-state index contributed by atoms with van der Waals surface area (Å²) in [5, 5.41) is 10.0. The van der Waals surface area contributed by atoms with E-state index in [1.807, 2.05) is 6.92 Å². The van der Waals surface area contributed by atoms with E-state index in [1.165, 1.54) is 31.4 Å². The van der Waals surface area contributed by atoms with E-state index in [0.29, 0.717) is 17.5 Å². The van der Waals surface area contributed by atoms with Crippen LogP contribution in [0.4, 0.5) is 0 Å². The summed E-state index contributed by atoms with van der Waals surface area (Å²) >= 11 is 0. The minimum absolute atomic E-state index is 0.0377. The van der Waals surface area contributed by atoms with Crippen molar-refractivity contribution in [3.8, 4) is 0 Å². The smallest absolute Gasteiger partial charge is 0.337 e. The summed E-state index contributed by atoms with van der Waals surface area (Å²) in [6.07, 6.45) is -0.464. The molecule has 0 bridgehead atoms. The lowest BCUT2D eigenvalue weighted by molar-refractivity contribution is -0.140. The van der Waals surface area contributed by atoms with Crippen molar-refractivity contribution in [3.05, 3.63) is 47.5 Å². The van der Waals surface area contributed by atoms with Gasteiger partial charge in [0.15, 0.2) is 0 Å². The Labute approximate surface area is 117 Å². The third-order valence-electron chi connectivity index (χ3n) is 2.68. The predicted molar refractivity (Wildman–Crippen MR) is 73.1 cm³/mol. The van der Waals surface area contributed by atoms with E-state index < -0.39 is 18.0 Å². The van der Waals surface area contributed by atoms with Crippen molar-refractivity contribution in [3.63, 3.8) is 0 Å². The first kappa shape index (κ1) is 15.9. The van der Waals surface area contributed by atoms with Crippen LogP contribution in [0.3, 0.4) is 0 Å². The molecule has 5 heteroatoms. The SMILES string of the molecule is C=C(C(=O)OCCC)C(O)c1ccc(C(=O)OC)cc1. The maximum atomic E-state index is 11.6. The molecular formula is C15H18O5. The van der Waals surface area contributed by atoms with E-state index in [0.717, 1.165) is 0 Å². The number of esters is 2. The number of carbonyl (C=O) groups excluding carboxylic acids is 2. The minimum Gasteiger partial charge on any atom is -0.465 e. The Balaban J connectivity index is 2.76. The van der Waals surface area contributed by atoms with Gasteiger partial charge in [-0.15, -0.1) is 0 Å². The Hall–Kier alpha value is -2.14. The van der Waals surface area contributed by atoms with Crippen LogP contribution in [0.2, 0.25) is 0 Å². The predicted octanol–water partition coefficient (Wildman–Crippen LogP) is 2.02. The summed E-state index contributed by atoms with van der Waals surface area (Å²) in [5.74, 6) is -1.09. The van der Waals surface area contributed by atoms with Crippen molar-refractivity contribution in [2.45, 2.75) is 19.4 Å². The van der Waals surface area contributed by atoms with Gasteiger partial charge in [0.25, 0.3) is 0 Å². The molecule has 0 heterocycles. The summed E-state index contributed by atoms with van der Waals surface area (Å²) in [6.45, 7) is 5.70. The van der Waals surface area contributed by atoms with Gasteiger partial charge in [0.1, 0.15) is 6.10 Å². The maximum absolute atomic E-state index is 11.6. The van der Waals surface area contributed by atoms with Gasteiger partial charge in [0.2, 0.25) is 0 Å². The van der Waals surface area contributed by atoms with Crippen LogP contribution in [0.15, 0.2) is 36.4 Å². The lowest BCUT2D eigenvalue weighted by Gasteiger charge is -2.13. The average Bonchev–Trinajstić information content (AvgIpc) is 2.50. The van der Waals surface area contributed by atoms with E-state index in [1.54, 1.807) is 0 Å². The number of hydrogen-bond donors (Lipinski definition) is 1. The Morgan fingerprint density at radius 3 is 2.40 bits per heavy atom. The highest BCUT2D eigenvalue weighted by Gasteiger charge is 2.19. The third-order valence-corrected chi connectivity index (χ3v) is 2.68. The quantitative estimate of drug-likeness (QED) is 0.636. The summed E-state index contributed by atoms with van der Waals surface area (Å²) in [5.41, 5.74) is 0.781. The minimum atomic E-state index is -1.16. The molecule has 0 fully saturated rings. The van der Waals surface area contributed by atoms with E-state index in [-0.39, 0.29) is 12.2 Å². The number of methoxy groups -OCH3 is 1. The topological polar surface area (TPSA) is 72.8 Å². The van der Waals surface area contributed by atoms with Crippen LogP contribution in [0.5, 0.6) is 0 Å². The summed E-state index contributed by atoms with van der Waals surface area (Å²) in [6, 6.07) is 6.09. The fourth-order valence-corrected chi connectivity index (χ4v) is 1.52. The van der Waals surface area contributed by atoms with Gasteiger partial charge >= 0.3 is 11.9 Å². The Bertz CT molecular complexity index is 489. The molecule has 1 rings (SSSR count). The van der Waals surface area contributed by atoms with Crippen molar-refractivity contribution in [2.75, 3.05) is 13.7 Å². The lowest BCUT2D eigenvalue weighted by atomic mass is 10.0. The second kappa shape index (κ2) is 7.45. The standard InChI is InChI=1S/C15H18O5/c1-4-9-20-14(17)10(2)13(16)11-5-7-12(8-6-11)15(18)19-3/h5-8,13,16H,2,4,9H2,1,3H3. The molecule has 5 nitrogen and oxygen atoms in total. The normalized spacial score (nSPS) is 11.6. The van der Waals surface area contributed by atoms with Crippen molar-refractivity contribution in [1.82, 2.24) is 0 Å². The number of hydrogen-bond acceptors (Lipinski definition) is 5. The number of rotatable bonds is 6. The zero-order valence-corrected chi connectivity index (χ0v) is 11.6. The van der Waals surface area contributed by atoms with Crippen LogP contribution in [0.1, 0.15) is 35.4 Å². The van der Waals surface area contributed by atoms with Crippen molar-refractivity contribution in [2.24, 2.45) is 0 Å². The molecular weight excluding hydrogens is 260 g/mol. The molecule has 0 aliphatic carbocycles. The zero-order chi connectivity index (χ0) is 15.1. The fraction of sp³-hybridized carbons (Fsp3) is 0.333. The number of aliphatic hydroxyl groups excluding tert-OH is 1. The molecule has 0 aromatic heterocycles. The maximum Gasteiger partial charge on any atom is 0.337 e. The highest BCUT2D eigenvalue weighted by molar-refractivity contribution is 5.90. The van der Waals surface area contributed by atoms with Crippen LogP contribution in [-0.4, -0.2) is 30.8 Å². The third kappa shape index (κ3) is 3.93. The monoisotopic (exact) mass is 278 g/mol. The van der Waals surface area contributed by atoms with Crippen molar-refractivity contribution < 1.29 is 24.2 Å². The molecule has 20 heavy (non-hydrogen) atoms. The molecule has 0 saturated heterocycles. The van der Waals surface area contributed by atoms with E-state index in [4.69, 9.17) is 4.74 Å². The Morgan fingerprint density at radius 2 is 1.90 bits per heavy atom. The molecule has 1 atom stereocenters. The highest BCUT2D eigenvalue weighted by atomic mass is 16.5. The van der Waals surface area contributed by atoms with Gasteiger partial charge in [0.05, 0.1) is 24.9 Å². The molecule has 1 aromatic carbocycles. The van der Waals surface area contributed by atoms with Gasteiger partial charge in [-0.3, -0.25) is 0 Å². The number of ether oxygens (including phenoxy) is 2. The van der Waals surface area contributed by atoms with Gasteiger partial charge in [-0.25, -0.2) is 9.59 Å². The molecule has 1 aromatic rings. The van der Waals surface area contributed by atoms with Gasteiger partial charge in [-0.05, 0) is 24.1 Å². The first-order valence-corrected chi connectivity index (χ1v) is 6.23. The first-order chi connectivity index (χ1) is 9.51. The fourth-order valence-electron chi connectivity index (χ4n) is 1.52. The molecule has 0 saturated carbocycles. The van der Waals surface area contributed by atoms with E-state index in [2.05, 4.69) is 11.3 Å². The number of aliphatic hydroxyl groups is 1. The van der Waals surface area contributed by atoms with Gasteiger partial charge < -0.3 is 14.6 Å². The molecule has 0 spiro atoms. The zero-order valence-electron chi connectivity index (χ0n) is 11.6. The highest BCUT2D eigenvalue weighted by Crippen LogP contribution is 2.22. The van der Waals surface area contributed by atoms with E-state index in [9.17, 15) is 14.7 Å². The number of carbonyl (C=O) groups is 2. The summed E-state index contributed by atoms with van der Waals surface area (Å²) < 4.78 is 9.48. The largest absolute Gasteiger partial charge is 0.465 e. The number of benzene rings is 1. The van der Waals surface area contributed by atoms with Crippen LogP contribution >= 0.6 is 0 Å². The van der Waals surface area contributed by atoms with Crippen molar-refractivity contribution >= 4 is 11.9 Å².